The Hall–Kier alpha value is -5.47. The fraction of sp³-hybridized carbons (Fsp3) is 0.481. The van der Waals surface area contributed by atoms with Crippen molar-refractivity contribution in [2.24, 2.45) is 5.92 Å². The van der Waals surface area contributed by atoms with Gasteiger partial charge in [0.1, 0.15) is 17.7 Å². The van der Waals surface area contributed by atoms with Crippen molar-refractivity contribution in [3.05, 3.63) is 101 Å². The van der Waals surface area contributed by atoms with Crippen molar-refractivity contribution in [2.45, 2.75) is 121 Å². The predicted octanol–water partition coefficient (Wildman–Crippen LogP) is 11.1. The molecule has 63 heavy (non-hydrogen) atoms. The van der Waals surface area contributed by atoms with Gasteiger partial charge in [0.2, 0.25) is 0 Å². The highest BCUT2D eigenvalue weighted by Crippen LogP contribution is 2.42. The fourth-order valence-electron chi connectivity index (χ4n) is 11.3. The number of aromatic nitrogens is 3. The van der Waals surface area contributed by atoms with Gasteiger partial charge in [-0.05, 0) is 155 Å². The number of nitrogens with zero attached hydrogens (tertiary/aromatic N) is 7. The van der Waals surface area contributed by atoms with Gasteiger partial charge in [-0.2, -0.15) is 14.0 Å². The molecule has 5 aliphatic rings. The molecule has 4 fully saturated rings. The first-order valence-electron chi connectivity index (χ1n) is 23.5. The molecule has 2 atom stereocenters. The highest BCUT2D eigenvalue weighted by molar-refractivity contribution is 6.08. The van der Waals surface area contributed by atoms with E-state index in [1.807, 2.05) is 18.2 Å². The molecule has 3 aliphatic heterocycles. The Morgan fingerprint density at radius 1 is 0.778 bits per heavy atom. The maximum Gasteiger partial charge on any atom is 0.319 e. The molecule has 326 valence electrons. The molecule has 9 nitrogen and oxygen atoms in total. The Balaban J connectivity index is 0.741. The topological polar surface area (TPSA) is 98.4 Å². The van der Waals surface area contributed by atoms with Crippen molar-refractivity contribution in [3.63, 3.8) is 0 Å². The van der Waals surface area contributed by atoms with Crippen LogP contribution in [0, 0.1) is 17.2 Å². The van der Waals surface area contributed by atoms with E-state index in [1.54, 1.807) is 24.5 Å². The van der Waals surface area contributed by atoms with E-state index in [-0.39, 0.29) is 11.9 Å². The number of halogens is 2. The molecular formula is C52H57F2N7O2. The van der Waals surface area contributed by atoms with Gasteiger partial charge in [0.05, 0.1) is 22.6 Å². The summed E-state index contributed by atoms with van der Waals surface area (Å²) in [5.41, 5.74) is 9.19. The molecule has 0 bridgehead atoms. The number of piperidine rings is 1. The van der Waals surface area contributed by atoms with E-state index in [4.69, 9.17) is 4.98 Å². The van der Waals surface area contributed by atoms with E-state index in [0.717, 1.165) is 124 Å². The number of carbonyl (C=O) groups is 2. The summed E-state index contributed by atoms with van der Waals surface area (Å²) >= 11 is 0. The second-order valence-electron chi connectivity index (χ2n) is 18.8. The average Bonchev–Trinajstić information content (AvgIpc) is 3.99. The molecule has 0 radical (unpaired) electrons. The van der Waals surface area contributed by atoms with Crippen LogP contribution in [0.3, 0.4) is 0 Å². The lowest BCUT2D eigenvalue weighted by Crippen LogP contribution is -2.37. The number of benzene rings is 2. The Morgan fingerprint density at radius 3 is 2.46 bits per heavy atom. The van der Waals surface area contributed by atoms with Gasteiger partial charge in [0, 0.05) is 73.0 Å². The van der Waals surface area contributed by atoms with Crippen LogP contribution >= 0.6 is 0 Å². The van der Waals surface area contributed by atoms with Crippen LogP contribution in [-0.4, -0.2) is 74.8 Å². The summed E-state index contributed by atoms with van der Waals surface area (Å²) in [7, 11) is 0. The van der Waals surface area contributed by atoms with E-state index in [1.165, 1.54) is 42.2 Å². The van der Waals surface area contributed by atoms with Crippen LogP contribution in [0.15, 0.2) is 78.3 Å². The first kappa shape index (κ1) is 41.5. The summed E-state index contributed by atoms with van der Waals surface area (Å²) < 4.78 is 29.6. The summed E-state index contributed by atoms with van der Waals surface area (Å²) in [5.74, 6) is 2.28. The lowest BCUT2D eigenvalue weighted by molar-refractivity contribution is -0.119. The molecule has 3 aromatic heterocycles. The Labute approximate surface area is 368 Å². The number of rotatable bonds is 8. The molecular weight excluding hydrogens is 793 g/mol. The van der Waals surface area contributed by atoms with Crippen LogP contribution in [0.4, 0.5) is 14.6 Å². The third kappa shape index (κ3) is 8.51. The van der Waals surface area contributed by atoms with Crippen molar-refractivity contribution in [1.29, 1.82) is 5.26 Å². The number of nitriles is 1. The first-order chi connectivity index (χ1) is 30.8. The van der Waals surface area contributed by atoms with E-state index < -0.39 is 6.55 Å². The summed E-state index contributed by atoms with van der Waals surface area (Å²) in [6, 6.07) is 18.1. The van der Waals surface area contributed by atoms with Crippen molar-refractivity contribution in [1.82, 2.24) is 24.3 Å². The van der Waals surface area contributed by atoms with Gasteiger partial charge < -0.3 is 14.7 Å². The second-order valence-corrected chi connectivity index (χ2v) is 18.8. The van der Waals surface area contributed by atoms with Gasteiger partial charge >= 0.3 is 6.55 Å². The van der Waals surface area contributed by atoms with E-state index in [2.05, 4.69) is 44.0 Å². The molecule has 5 aromatic rings. The zero-order chi connectivity index (χ0) is 43.0. The molecule has 2 aliphatic carbocycles. The molecule has 2 unspecified atom stereocenters. The van der Waals surface area contributed by atoms with E-state index in [0.29, 0.717) is 70.2 Å². The fourth-order valence-corrected chi connectivity index (χ4v) is 11.3. The van der Waals surface area contributed by atoms with Crippen LogP contribution in [0.5, 0.6) is 0 Å². The summed E-state index contributed by atoms with van der Waals surface area (Å²) in [4.78, 5) is 42.5. The molecule has 0 spiro atoms. The minimum atomic E-state index is -2.70. The monoisotopic (exact) mass is 849 g/mol. The summed E-state index contributed by atoms with van der Waals surface area (Å²) in [6.45, 7) is 2.95. The van der Waals surface area contributed by atoms with Gasteiger partial charge in [0.15, 0.2) is 0 Å². The van der Waals surface area contributed by atoms with Gasteiger partial charge in [-0.15, -0.1) is 0 Å². The third-order valence-corrected chi connectivity index (χ3v) is 15.0. The van der Waals surface area contributed by atoms with Crippen molar-refractivity contribution in [3.8, 4) is 17.2 Å². The van der Waals surface area contributed by atoms with Crippen molar-refractivity contribution in [2.75, 3.05) is 37.6 Å². The van der Waals surface area contributed by atoms with Gasteiger partial charge in [-0.3, -0.25) is 19.1 Å². The van der Waals surface area contributed by atoms with E-state index in [9.17, 15) is 23.6 Å². The van der Waals surface area contributed by atoms with Crippen LogP contribution in [0.25, 0.3) is 32.9 Å². The molecule has 10 rings (SSSR count). The number of hydrogen-bond acceptors (Lipinski definition) is 7. The number of pyridine rings is 2. The average molecular weight is 850 g/mol. The smallest absolute Gasteiger partial charge is 0.319 e. The summed E-state index contributed by atoms with van der Waals surface area (Å²) in [6.07, 6.45) is 20.2. The van der Waals surface area contributed by atoms with Crippen LogP contribution < -0.4 is 4.90 Å². The van der Waals surface area contributed by atoms with Crippen LogP contribution in [-0.2, 0) is 11.3 Å². The summed E-state index contributed by atoms with van der Waals surface area (Å²) in [5, 5.41) is 11.6. The number of likely N-dealkylation sites (tertiary alicyclic amines) is 1. The van der Waals surface area contributed by atoms with E-state index >= 15 is 0 Å². The molecule has 1 amide bonds. The number of carbonyl (C=O) groups excluding carboxylic acids is 2. The Morgan fingerprint density at radius 2 is 1.63 bits per heavy atom. The number of alkyl halides is 2. The Bertz CT molecular complexity index is 2610. The third-order valence-electron chi connectivity index (χ3n) is 15.0. The number of allylic oxidation sites excluding steroid dienone is 1. The molecule has 6 heterocycles. The normalized spacial score (nSPS) is 21.9. The highest BCUT2D eigenvalue weighted by atomic mass is 19.3. The zero-order valence-corrected chi connectivity index (χ0v) is 36.2. The minimum Gasteiger partial charge on any atom is -0.356 e. The maximum absolute atomic E-state index is 14.3. The quantitative estimate of drug-likeness (QED) is 0.143. The number of anilines is 1. The number of Topliss-reactive ketones (excluding diaryl/α,β-unsaturated/α-hetero) is 1. The number of hydrogen-bond donors (Lipinski definition) is 0. The first-order valence-corrected chi connectivity index (χ1v) is 23.5. The van der Waals surface area contributed by atoms with Gasteiger partial charge in [-0.25, -0.2) is 4.98 Å². The molecule has 2 saturated heterocycles. The number of amides is 1. The van der Waals surface area contributed by atoms with Crippen LogP contribution in [0.2, 0.25) is 0 Å². The SMILES string of the molecule is N#Cc1cc(-c2ccc3c4cnccc4n(C(F)F)c3c2)cnc1N1CCC(CCN2CCCCC(c3ccc4c(c3)CN(C3CCC(=O)CCCCC3=C3CC3)C4=O)CC2)CC1. The number of fused-ring (bicyclic) bond motifs is 4. The molecule has 11 heteroatoms. The zero-order valence-electron chi connectivity index (χ0n) is 36.2. The molecule has 2 aromatic carbocycles. The largest absolute Gasteiger partial charge is 0.356 e. The predicted molar refractivity (Wildman–Crippen MR) is 243 cm³/mol. The molecule has 0 N–H and O–H groups in total. The lowest BCUT2D eigenvalue weighted by Gasteiger charge is -2.35. The second kappa shape index (κ2) is 18.0. The minimum absolute atomic E-state index is 0.0558. The van der Waals surface area contributed by atoms with Gasteiger partial charge in [0.25, 0.3) is 5.91 Å². The van der Waals surface area contributed by atoms with Crippen LogP contribution in [0.1, 0.15) is 136 Å². The van der Waals surface area contributed by atoms with Gasteiger partial charge in [-0.1, -0.05) is 36.3 Å². The lowest BCUT2D eigenvalue weighted by atomic mass is 9.87. The maximum atomic E-state index is 14.3. The van der Waals surface area contributed by atoms with Crippen molar-refractivity contribution < 1.29 is 18.4 Å². The standard InChI is InChI=1S/C52H57F2N7O2/c53-52(54)61-48-16-21-56-32-46(48)45-14-11-38(29-49(45)61)40-28-39(30-55)50(57-31-40)59-25-18-34(19-26-59)17-23-58-22-4-3-5-35(20-24-58)37-10-13-44-41(27-37)33-60(51(44)63)47-15-12-42(62)6-1-2-7-43(47)36-8-9-36/h10-11,13-14,16,21,27-29,31-32,34-35,47,52H,1-9,12,15,17-20,22-26,33H2. The van der Waals surface area contributed by atoms with Crippen molar-refractivity contribution >= 4 is 39.3 Å². The molecule has 2 saturated carbocycles. The number of ketones is 1. The Kier molecular flexibility index (Phi) is 11.8. The highest BCUT2D eigenvalue weighted by Gasteiger charge is 2.37.